The quantitative estimate of drug-likeness (QED) is 0.325. The molecule has 0 aromatic carbocycles. The number of hydrogen-bond donors (Lipinski definition) is 0. The fourth-order valence-corrected chi connectivity index (χ4v) is 2.35. The summed E-state index contributed by atoms with van der Waals surface area (Å²) in [5.74, 6) is -0.617. The Labute approximate surface area is 136 Å². The van der Waals surface area contributed by atoms with Gasteiger partial charge in [-0.3, -0.25) is 4.79 Å². The van der Waals surface area contributed by atoms with Crippen molar-refractivity contribution in [3.05, 3.63) is 23.4 Å². The highest BCUT2D eigenvalue weighted by Crippen LogP contribution is 2.12. The highest BCUT2D eigenvalue weighted by molar-refractivity contribution is 6.81. The summed E-state index contributed by atoms with van der Waals surface area (Å²) in [5, 5.41) is 0. The number of rotatable bonds is 6. The van der Waals surface area contributed by atoms with E-state index >= 15 is 0 Å². The van der Waals surface area contributed by atoms with E-state index in [1.165, 1.54) is 6.08 Å². The molecule has 22 heavy (non-hydrogen) atoms. The molecule has 0 aromatic rings. The molecule has 0 N–H and O–H groups in total. The Morgan fingerprint density at radius 3 is 1.95 bits per heavy atom. The number of ether oxygens (including phenoxy) is 1. The molecule has 126 valence electrons. The van der Waals surface area contributed by atoms with E-state index in [-0.39, 0.29) is 5.91 Å². The van der Waals surface area contributed by atoms with Gasteiger partial charge in [-0.25, -0.2) is 4.79 Å². The Bertz CT molecular complexity index is 450. The molecule has 0 saturated heterocycles. The number of esters is 1. The maximum absolute atomic E-state index is 12.5. The van der Waals surface area contributed by atoms with Crippen LogP contribution in [-0.4, -0.2) is 43.5 Å². The molecule has 0 spiro atoms. The van der Waals surface area contributed by atoms with Gasteiger partial charge in [0, 0.05) is 24.7 Å². The summed E-state index contributed by atoms with van der Waals surface area (Å²) < 4.78 is 5.29. The van der Waals surface area contributed by atoms with Crippen LogP contribution >= 0.6 is 0 Å². The predicted octanol–water partition coefficient (Wildman–Crippen LogP) is 3.56. The smallest absolute Gasteiger partial charge is 0.332 e. The normalized spacial score (nSPS) is 13.4. The molecule has 0 unspecified atom stereocenters. The van der Waals surface area contributed by atoms with Crippen LogP contribution in [0.3, 0.4) is 0 Å². The molecule has 0 radical (unpaired) electrons. The maximum Gasteiger partial charge on any atom is 0.332 e. The van der Waals surface area contributed by atoms with Gasteiger partial charge in [0.15, 0.2) is 0 Å². The second-order valence-electron chi connectivity index (χ2n) is 7.31. The van der Waals surface area contributed by atoms with Crippen molar-refractivity contribution in [3.8, 4) is 0 Å². The van der Waals surface area contributed by atoms with Crippen LogP contribution in [-0.2, 0) is 14.3 Å². The van der Waals surface area contributed by atoms with Crippen LogP contribution in [0.2, 0.25) is 19.6 Å². The van der Waals surface area contributed by atoms with E-state index in [2.05, 4.69) is 25.3 Å². The number of amides is 1. The first kappa shape index (κ1) is 20.6. The van der Waals surface area contributed by atoms with Crippen molar-refractivity contribution in [2.24, 2.45) is 0 Å². The van der Waals surface area contributed by atoms with E-state index in [0.29, 0.717) is 18.7 Å². The summed E-state index contributed by atoms with van der Waals surface area (Å²) in [7, 11) is -1.46. The Morgan fingerprint density at radius 2 is 1.59 bits per heavy atom. The molecule has 1 amide bonds. The second-order valence-corrected chi connectivity index (χ2v) is 12.4. The van der Waals surface area contributed by atoms with Crippen molar-refractivity contribution in [1.82, 2.24) is 4.90 Å². The molecular formula is C17H31NO3Si. The Balaban J connectivity index is 5.47. The third-order valence-corrected chi connectivity index (χ3v) is 3.91. The third-order valence-electron chi connectivity index (χ3n) is 2.74. The number of hydrogen-bond acceptors (Lipinski definition) is 3. The highest BCUT2D eigenvalue weighted by atomic mass is 28.3. The summed E-state index contributed by atoms with van der Waals surface area (Å²) in [4.78, 5) is 26.2. The largest absolute Gasteiger partial charge is 0.457 e. The van der Waals surface area contributed by atoms with Crippen LogP contribution in [0.15, 0.2) is 23.4 Å². The molecule has 0 rings (SSSR count). The molecule has 0 aliphatic rings. The molecule has 0 bridgehead atoms. The molecule has 0 atom stereocenters. The number of nitrogens with zero attached hydrogens (tertiary/aromatic N) is 1. The monoisotopic (exact) mass is 325 g/mol. The molecule has 0 aliphatic heterocycles. The molecular weight excluding hydrogens is 294 g/mol. The van der Waals surface area contributed by atoms with E-state index in [0.717, 1.165) is 0 Å². The zero-order chi connectivity index (χ0) is 17.6. The van der Waals surface area contributed by atoms with E-state index < -0.39 is 19.6 Å². The Hall–Kier alpha value is -1.36. The standard InChI is InChI=1S/C17H31NO3Si/c1-9-18(10-2)16(20)14(11-12-22(6,7)8)13-15(19)21-17(3,4)5/h11-13H,9-10H2,1-8H3. The third kappa shape index (κ3) is 8.82. The molecule has 4 nitrogen and oxygen atoms in total. The van der Waals surface area contributed by atoms with Crippen LogP contribution in [0.25, 0.3) is 0 Å². The van der Waals surface area contributed by atoms with Gasteiger partial charge >= 0.3 is 5.97 Å². The summed E-state index contributed by atoms with van der Waals surface area (Å²) in [6.07, 6.45) is 3.08. The van der Waals surface area contributed by atoms with Gasteiger partial charge in [0.1, 0.15) is 5.60 Å². The van der Waals surface area contributed by atoms with Crippen molar-refractivity contribution >= 4 is 20.0 Å². The zero-order valence-electron chi connectivity index (χ0n) is 15.3. The minimum Gasteiger partial charge on any atom is -0.457 e. The minimum atomic E-state index is -1.46. The molecule has 5 heteroatoms. The van der Waals surface area contributed by atoms with Crippen LogP contribution in [0.4, 0.5) is 0 Å². The van der Waals surface area contributed by atoms with Gasteiger partial charge in [-0.1, -0.05) is 31.4 Å². The van der Waals surface area contributed by atoms with Gasteiger partial charge in [0.05, 0.1) is 8.07 Å². The molecule has 0 fully saturated rings. The van der Waals surface area contributed by atoms with Gasteiger partial charge < -0.3 is 9.64 Å². The van der Waals surface area contributed by atoms with Crippen LogP contribution in [0, 0.1) is 0 Å². The SMILES string of the molecule is CCN(CC)C(=O)C(C=C[Si](C)(C)C)=CC(=O)OC(C)(C)C. The van der Waals surface area contributed by atoms with Crippen LogP contribution in [0.1, 0.15) is 34.6 Å². The minimum absolute atomic E-state index is 0.134. The second kappa shape index (κ2) is 8.32. The van der Waals surface area contributed by atoms with E-state index in [1.807, 2.05) is 34.6 Å². The van der Waals surface area contributed by atoms with Crippen molar-refractivity contribution < 1.29 is 14.3 Å². The molecule has 0 aromatic heterocycles. The van der Waals surface area contributed by atoms with Crippen molar-refractivity contribution in [3.63, 3.8) is 0 Å². The lowest BCUT2D eigenvalue weighted by Crippen LogP contribution is -2.32. The maximum atomic E-state index is 12.5. The number of carbonyl (C=O) groups is 2. The van der Waals surface area contributed by atoms with Gasteiger partial charge in [-0.15, -0.1) is 0 Å². The average Bonchev–Trinajstić information content (AvgIpc) is 2.32. The first-order valence-corrected chi connectivity index (χ1v) is 11.4. The lowest BCUT2D eigenvalue weighted by Gasteiger charge is -2.21. The molecule has 0 aliphatic carbocycles. The van der Waals surface area contributed by atoms with E-state index in [9.17, 15) is 9.59 Å². The van der Waals surface area contributed by atoms with Gasteiger partial charge in [-0.2, -0.15) is 0 Å². The van der Waals surface area contributed by atoms with Crippen LogP contribution in [0.5, 0.6) is 0 Å². The number of likely N-dealkylation sites (N-methyl/N-ethyl adjacent to an activating group) is 1. The van der Waals surface area contributed by atoms with Gasteiger partial charge in [0.2, 0.25) is 0 Å². The summed E-state index contributed by atoms with van der Waals surface area (Å²) >= 11 is 0. The van der Waals surface area contributed by atoms with E-state index in [1.54, 1.807) is 11.0 Å². The summed E-state index contributed by atoms with van der Waals surface area (Å²) in [5.41, 5.74) is 1.88. The zero-order valence-corrected chi connectivity index (χ0v) is 16.3. The lowest BCUT2D eigenvalue weighted by molar-refractivity contribution is -0.148. The lowest BCUT2D eigenvalue weighted by atomic mass is 10.2. The van der Waals surface area contributed by atoms with Crippen molar-refractivity contribution in [2.45, 2.75) is 59.9 Å². The fourth-order valence-electron chi connectivity index (χ4n) is 1.67. The Kier molecular flexibility index (Phi) is 7.80. The molecule has 0 heterocycles. The topological polar surface area (TPSA) is 46.6 Å². The van der Waals surface area contributed by atoms with Crippen molar-refractivity contribution in [1.29, 1.82) is 0 Å². The van der Waals surface area contributed by atoms with Crippen molar-refractivity contribution in [2.75, 3.05) is 13.1 Å². The van der Waals surface area contributed by atoms with Crippen LogP contribution < -0.4 is 0 Å². The van der Waals surface area contributed by atoms with Gasteiger partial charge in [-0.05, 0) is 34.6 Å². The first-order valence-electron chi connectivity index (χ1n) is 7.82. The number of carbonyl (C=O) groups excluding carboxylic acids is 2. The highest BCUT2D eigenvalue weighted by Gasteiger charge is 2.19. The summed E-state index contributed by atoms with van der Waals surface area (Å²) in [6.45, 7) is 17.0. The van der Waals surface area contributed by atoms with Gasteiger partial charge in [0.25, 0.3) is 5.91 Å². The fraction of sp³-hybridized carbons (Fsp3) is 0.647. The predicted molar refractivity (Wildman–Crippen MR) is 94.3 cm³/mol. The molecule has 0 saturated carbocycles. The van der Waals surface area contributed by atoms with E-state index in [4.69, 9.17) is 4.74 Å². The summed E-state index contributed by atoms with van der Waals surface area (Å²) in [6, 6.07) is 0. The average molecular weight is 326 g/mol. The first-order chi connectivity index (χ1) is 9.89. The Morgan fingerprint density at radius 1 is 1.09 bits per heavy atom.